The maximum atomic E-state index is 12.8. The van der Waals surface area contributed by atoms with Crippen molar-refractivity contribution in [2.75, 3.05) is 19.6 Å². The Kier molecular flexibility index (Phi) is 8.35. The third-order valence-electron chi connectivity index (χ3n) is 7.18. The van der Waals surface area contributed by atoms with Gasteiger partial charge in [-0.3, -0.25) is 14.7 Å². The monoisotopic (exact) mass is 515 g/mol. The second kappa shape index (κ2) is 11.6. The molecule has 1 saturated heterocycles. The summed E-state index contributed by atoms with van der Waals surface area (Å²) in [5.41, 5.74) is 13.6. The number of hydrogen-bond donors (Lipinski definition) is 5. The number of rotatable bonds is 7. The number of H-pyrrole nitrogens is 1. The fraction of sp³-hybridized carbons (Fsp3) is 0.520. The van der Waals surface area contributed by atoms with Gasteiger partial charge in [0.05, 0.1) is 17.3 Å². The fourth-order valence-corrected chi connectivity index (χ4v) is 5.47. The van der Waals surface area contributed by atoms with Crippen molar-refractivity contribution in [3.05, 3.63) is 35.0 Å². The van der Waals surface area contributed by atoms with Crippen molar-refractivity contribution >= 4 is 29.4 Å². The average Bonchev–Trinajstić information content (AvgIpc) is 3.36. The summed E-state index contributed by atoms with van der Waals surface area (Å²) >= 11 is 6.25. The molecular weight excluding hydrogens is 482 g/mol. The van der Waals surface area contributed by atoms with Crippen molar-refractivity contribution in [2.24, 2.45) is 22.4 Å². The number of phenolic OH excluding ortho intramolecular Hbond substituents is 1. The Balaban J connectivity index is 1.28. The van der Waals surface area contributed by atoms with E-state index >= 15 is 0 Å². The van der Waals surface area contributed by atoms with Gasteiger partial charge in [-0.25, -0.2) is 4.99 Å². The lowest BCUT2D eigenvalue weighted by molar-refractivity contribution is -0.134. The molecule has 194 valence electrons. The number of amides is 2. The van der Waals surface area contributed by atoms with Gasteiger partial charge in [0.2, 0.25) is 11.8 Å². The van der Waals surface area contributed by atoms with Crippen LogP contribution in [0.15, 0.2) is 29.3 Å². The number of guanidine groups is 1. The first kappa shape index (κ1) is 25.8. The first-order valence-electron chi connectivity index (χ1n) is 12.5. The molecule has 7 N–H and O–H groups in total. The number of nitrogens with one attached hydrogen (secondary N) is 2. The summed E-state index contributed by atoms with van der Waals surface area (Å²) in [5.74, 6) is -0.0791. The molecule has 1 aromatic heterocycles. The lowest BCUT2D eigenvalue weighted by Crippen LogP contribution is -2.47. The zero-order chi connectivity index (χ0) is 25.7. The molecule has 10 nitrogen and oxygen atoms in total. The van der Waals surface area contributed by atoms with Gasteiger partial charge in [0.25, 0.3) is 0 Å². The number of nitrogens with zero attached hydrogens (tertiary/aromatic N) is 3. The standard InChI is InChI=1S/C25H34ClN7O3/c26-19-12-17(34)6-7-18(19)21-13-20(31-32-21)15-8-10-33(11-9-15)22(35)14-29-24(36)23(30-25(27)28)16-4-2-1-3-5-16/h6-7,12-13,15-16,23,34H,1-5,8-11,14H2,(H,29,36)(H,31,32)(H4,27,28,30). The number of aromatic amines is 1. The molecule has 1 aliphatic carbocycles. The van der Waals surface area contributed by atoms with Gasteiger partial charge in [-0.15, -0.1) is 0 Å². The molecule has 0 radical (unpaired) electrons. The number of nitrogens with two attached hydrogens (primary N) is 2. The normalized spacial score (nSPS) is 18.0. The lowest BCUT2D eigenvalue weighted by atomic mass is 9.83. The Morgan fingerprint density at radius 2 is 1.89 bits per heavy atom. The molecular formula is C25H34ClN7O3. The summed E-state index contributed by atoms with van der Waals surface area (Å²) in [6.45, 7) is 1.11. The predicted molar refractivity (Wildman–Crippen MR) is 138 cm³/mol. The van der Waals surface area contributed by atoms with Crippen LogP contribution in [0.1, 0.15) is 56.6 Å². The van der Waals surface area contributed by atoms with Gasteiger partial charge in [-0.05, 0) is 55.9 Å². The van der Waals surface area contributed by atoms with E-state index in [2.05, 4.69) is 20.5 Å². The molecule has 0 bridgehead atoms. The van der Waals surface area contributed by atoms with Crippen LogP contribution in [-0.2, 0) is 9.59 Å². The van der Waals surface area contributed by atoms with E-state index in [4.69, 9.17) is 23.1 Å². The molecule has 2 aliphatic rings. The van der Waals surface area contributed by atoms with Gasteiger partial charge in [0.15, 0.2) is 5.96 Å². The minimum atomic E-state index is -0.648. The number of likely N-dealkylation sites (tertiary alicyclic amines) is 1. The van der Waals surface area contributed by atoms with Crippen LogP contribution in [0.2, 0.25) is 5.02 Å². The highest BCUT2D eigenvalue weighted by molar-refractivity contribution is 6.33. The smallest absolute Gasteiger partial charge is 0.245 e. The first-order valence-corrected chi connectivity index (χ1v) is 12.9. The highest BCUT2D eigenvalue weighted by atomic mass is 35.5. The van der Waals surface area contributed by atoms with Crippen LogP contribution >= 0.6 is 11.6 Å². The van der Waals surface area contributed by atoms with Crippen LogP contribution in [0.25, 0.3) is 11.3 Å². The number of aromatic hydroxyl groups is 1. The number of benzene rings is 1. The Morgan fingerprint density at radius 1 is 1.17 bits per heavy atom. The molecule has 1 atom stereocenters. The van der Waals surface area contributed by atoms with E-state index < -0.39 is 6.04 Å². The maximum absolute atomic E-state index is 12.8. The van der Waals surface area contributed by atoms with Crippen molar-refractivity contribution in [1.29, 1.82) is 0 Å². The summed E-state index contributed by atoms with van der Waals surface area (Å²) in [5, 5.41) is 20.2. The van der Waals surface area contributed by atoms with Crippen LogP contribution in [0.4, 0.5) is 0 Å². The highest BCUT2D eigenvalue weighted by Gasteiger charge is 2.31. The topological polar surface area (TPSA) is 163 Å². The van der Waals surface area contributed by atoms with Crippen molar-refractivity contribution < 1.29 is 14.7 Å². The van der Waals surface area contributed by atoms with Gasteiger partial charge < -0.3 is 26.8 Å². The number of carbonyl (C=O) groups is 2. The minimum absolute atomic E-state index is 0.0692. The Labute approximate surface area is 215 Å². The van der Waals surface area contributed by atoms with E-state index in [9.17, 15) is 14.7 Å². The largest absolute Gasteiger partial charge is 0.508 e. The van der Waals surface area contributed by atoms with Gasteiger partial charge in [-0.1, -0.05) is 30.9 Å². The van der Waals surface area contributed by atoms with Crippen molar-refractivity contribution in [3.63, 3.8) is 0 Å². The molecule has 1 aliphatic heterocycles. The second-order valence-corrected chi connectivity index (χ2v) is 10.0. The zero-order valence-corrected chi connectivity index (χ0v) is 21.0. The van der Waals surface area contributed by atoms with Crippen molar-refractivity contribution in [1.82, 2.24) is 20.4 Å². The third-order valence-corrected chi connectivity index (χ3v) is 7.49. The Bertz CT molecular complexity index is 1100. The third kappa shape index (κ3) is 6.29. The van der Waals surface area contributed by atoms with E-state index in [0.717, 1.165) is 56.2 Å². The number of piperidine rings is 1. The molecule has 2 heterocycles. The number of carbonyl (C=O) groups excluding carboxylic acids is 2. The van der Waals surface area contributed by atoms with E-state index in [1.165, 1.54) is 6.07 Å². The zero-order valence-electron chi connectivity index (χ0n) is 20.3. The molecule has 1 aromatic carbocycles. The summed E-state index contributed by atoms with van der Waals surface area (Å²) in [6.07, 6.45) is 6.65. The summed E-state index contributed by atoms with van der Waals surface area (Å²) in [4.78, 5) is 31.6. The Hall–Kier alpha value is -3.27. The van der Waals surface area contributed by atoms with Gasteiger partial charge >= 0.3 is 0 Å². The number of halogens is 1. The quantitative estimate of drug-likeness (QED) is 0.281. The highest BCUT2D eigenvalue weighted by Crippen LogP contribution is 2.33. The van der Waals surface area contributed by atoms with E-state index in [-0.39, 0.29) is 41.9 Å². The molecule has 2 amide bonds. The molecule has 1 saturated carbocycles. The maximum Gasteiger partial charge on any atom is 0.245 e. The van der Waals surface area contributed by atoms with Crippen molar-refractivity contribution in [3.8, 4) is 17.0 Å². The number of phenols is 1. The van der Waals surface area contributed by atoms with Gasteiger partial charge in [-0.2, -0.15) is 5.10 Å². The molecule has 4 rings (SSSR count). The number of aromatic nitrogens is 2. The molecule has 11 heteroatoms. The van der Waals surface area contributed by atoms with Crippen molar-refractivity contribution in [2.45, 2.75) is 56.9 Å². The molecule has 36 heavy (non-hydrogen) atoms. The SMILES string of the molecule is NC(N)=NC(C(=O)NCC(=O)N1CCC(c2cc(-c3ccc(O)cc3Cl)n[nH]2)CC1)C1CCCCC1. The average molecular weight is 516 g/mol. The number of hydrogen-bond acceptors (Lipinski definition) is 5. The molecule has 2 fully saturated rings. The van der Waals surface area contributed by atoms with E-state index in [1.54, 1.807) is 17.0 Å². The number of aliphatic imine (C=N–C) groups is 1. The first-order chi connectivity index (χ1) is 17.3. The van der Waals surface area contributed by atoms with E-state index in [1.807, 2.05) is 6.07 Å². The summed E-state index contributed by atoms with van der Waals surface area (Å²) in [7, 11) is 0. The van der Waals surface area contributed by atoms with Gasteiger partial charge in [0, 0.05) is 30.3 Å². The van der Waals surface area contributed by atoms with Crippen LogP contribution in [0.3, 0.4) is 0 Å². The van der Waals surface area contributed by atoms with Crippen LogP contribution in [0.5, 0.6) is 5.75 Å². The second-order valence-electron chi connectivity index (χ2n) is 9.64. The Morgan fingerprint density at radius 3 is 2.56 bits per heavy atom. The predicted octanol–water partition coefficient (Wildman–Crippen LogP) is 2.48. The fourth-order valence-electron chi connectivity index (χ4n) is 5.20. The minimum Gasteiger partial charge on any atom is -0.508 e. The van der Waals surface area contributed by atoms with Crippen LogP contribution in [-0.4, -0.2) is 63.7 Å². The molecule has 1 unspecified atom stereocenters. The summed E-state index contributed by atoms with van der Waals surface area (Å²) < 4.78 is 0. The van der Waals surface area contributed by atoms with Gasteiger partial charge in [0.1, 0.15) is 11.8 Å². The van der Waals surface area contributed by atoms with E-state index in [0.29, 0.717) is 23.8 Å². The summed E-state index contributed by atoms with van der Waals surface area (Å²) in [6, 6.07) is 6.12. The van der Waals surface area contributed by atoms with Crippen LogP contribution in [0, 0.1) is 5.92 Å². The molecule has 2 aromatic rings. The van der Waals surface area contributed by atoms with Crippen LogP contribution < -0.4 is 16.8 Å². The molecule has 0 spiro atoms. The lowest BCUT2D eigenvalue weighted by Gasteiger charge is -2.32.